The number of rotatable bonds is 4. The third kappa shape index (κ3) is 4.70. The van der Waals surface area contributed by atoms with Crippen molar-refractivity contribution < 1.29 is 18.0 Å². The van der Waals surface area contributed by atoms with Crippen LogP contribution in [0.5, 0.6) is 0 Å². The van der Waals surface area contributed by atoms with Crippen LogP contribution in [0, 0.1) is 17.8 Å². The molecule has 122 valence electrons. The molecule has 0 spiro atoms. The number of hydrogen-bond donors (Lipinski definition) is 0. The first-order chi connectivity index (χ1) is 9.90. The molecule has 1 aliphatic heterocycles. The van der Waals surface area contributed by atoms with Crippen molar-refractivity contribution in [3.05, 3.63) is 0 Å². The minimum Gasteiger partial charge on any atom is -0.302 e. The normalized spacial score (nSPS) is 32.4. The topological polar surface area (TPSA) is 20.3 Å². The van der Waals surface area contributed by atoms with Gasteiger partial charge in [0.15, 0.2) is 0 Å². The van der Waals surface area contributed by atoms with Crippen LogP contribution in [-0.2, 0) is 4.79 Å². The molecule has 0 amide bonds. The molecule has 2 rings (SSSR count). The lowest BCUT2D eigenvalue weighted by Gasteiger charge is -2.37. The molecule has 1 saturated carbocycles. The van der Waals surface area contributed by atoms with Crippen LogP contribution in [0.25, 0.3) is 0 Å². The van der Waals surface area contributed by atoms with E-state index < -0.39 is 12.1 Å². The molecule has 1 aliphatic carbocycles. The largest absolute Gasteiger partial charge is 0.393 e. The number of ketones is 1. The summed E-state index contributed by atoms with van der Waals surface area (Å²) >= 11 is 0. The number of likely N-dealkylation sites (tertiary alicyclic amines) is 1. The summed E-state index contributed by atoms with van der Waals surface area (Å²) in [4.78, 5) is 13.9. The van der Waals surface area contributed by atoms with Gasteiger partial charge < -0.3 is 4.90 Å². The van der Waals surface area contributed by atoms with E-state index in [-0.39, 0.29) is 24.7 Å². The molecule has 0 aromatic heterocycles. The van der Waals surface area contributed by atoms with Crippen LogP contribution in [-0.4, -0.2) is 36.5 Å². The van der Waals surface area contributed by atoms with Crippen LogP contribution in [0.15, 0.2) is 0 Å². The Kier molecular flexibility index (Phi) is 5.69. The molecule has 21 heavy (non-hydrogen) atoms. The lowest BCUT2D eigenvalue weighted by atomic mass is 9.78. The zero-order chi connectivity index (χ0) is 15.5. The number of carbonyl (C=O) groups excluding carboxylic acids is 1. The van der Waals surface area contributed by atoms with E-state index in [1.165, 1.54) is 0 Å². The van der Waals surface area contributed by atoms with Gasteiger partial charge in [-0.25, -0.2) is 0 Å². The third-order valence-electron chi connectivity index (χ3n) is 5.02. The first kappa shape index (κ1) is 16.8. The van der Waals surface area contributed by atoms with Crippen molar-refractivity contribution in [2.75, 3.05) is 19.6 Å². The average Bonchev–Trinajstić information content (AvgIpc) is 2.42. The first-order valence-electron chi connectivity index (χ1n) is 8.22. The average molecular weight is 305 g/mol. The Morgan fingerprint density at radius 1 is 1.29 bits per heavy atom. The predicted molar refractivity (Wildman–Crippen MR) is 76.0 cm³/mol. The highest BCUT2D eigenvalue weighted by Crippen LogP contribution is 2.35. The lowest BCUT2D eigenvalue weighted by Crippen LogP contribution is -2.45. The maximum absolute atomic E-state index is 12.8. The summed E-state index contributed by atoms with van der Waals surface area (Å²) in [6.07, 6.45) is 1.43. The fraction of sp³-hybridized carbons (Fsp3) is 0.938. The second-order valence-electron chi connectivity index (χ2n) is 6.73. The van der Waals surface area contributed by atoms with Crippen LogP contribution < -0.4 is 0 Å². The fourth-order valence-corrected chi connectivity index (χ4v) is 3.85. The predicted octanol–water partition coefficient (Wildman–Crippen LogP) is 4.05. The van der Waals surface area contributed by atoms with Gasteiger partial charge in [0.05, 0.1) is 5.92 Å². The van der Waals surface area contributed by atoms with E-state index in [4.69, 9.17) is 0 Å². The highest BCUT2D eigenvalue weighted by atomic mass is 19.4. The Hall–Kier alpha value is -0.580. The van der Waals surface area contributed by atoms with Gasteiger partial charge in [-0.05, 0) is 38.1 Å². The van der Waals surface area contributed by atoms with Crippen molar-refractivity contribution in [1.29, 1.82) is 0 Å². The maximum atomic E-state index is 12.8. The van der Waals surface area contributed by atoms with Crippen molar-refractivity contribution in [3.8, 4) is 0 Å². The van der Waals surface area contributed by atoms with Gasteiger partial charge in [-0.1, -0.05) is 19.8 Å². The van der Waals surface area contributed by atoms with Gasteiger partial charge in [0.2, 0.25) is 0 Å². The van der Waals surface area contributed by atoms with Crippen molar-refractivity contribution in [1.82, 2.24) is 4.90 Å². The van der Waals surface area contributed by atoms with E-state index >= 15 is 0 Å². The molecular weight excluding hydrogens is 279 g/mol. The molecule has 3 unspecified atom stereocenters. The maximum Gasteiger partial charge on any atom is 0.393 e. The molecule has 3 atom stereocenters. The molecular formula is C16H26F3NO. The fourth-order valence-electron chi connectivity index (χ4n) is 3.85. The summed E-state index contributed by atoms with van der Waals surface area (Å²) in [5.41, 5.74) is 0. The molecule has 0 aromatic carbocycles. The second kappa shape index (κ2) is 7.12. The van der Waals surface area contributed by atoms with Crippen molar-refractivity contribution in [3.63, 3.8) is 0 Å². The zero-order valence-corrected chi connectivity index (χ0v) is 12.8. The molecule has 2 fully saturated rings. The minimum absolute atomic E-state index is 0.0396. The van der Waals surface area contributed by atoms with Gasteiger partial charge in [0.1, 0.15) is 5.78 Å². The van der Waals surface area contributed by atoms with Crippen LogP contribution in [0.2, 0.25) is 0 Å². The summed E-state index contributed by atoms with van der Waals surface area (Å²) in [5.74, 6) is -0.406. The molecule has 2 aliphatic rings. The van der Waals surface area contributed by atoms with Crippen molar-refractivity contribution >= 4 is 5.78 Å². The molecule has 2 nitrogen and oxygen atoms in total. The van der Waals surface area contributed by atoms with E-state index in [2.05, 4.69) is 6.92 Å². The van der Waals surface area contributed by atoms with Crippen LogP contribution in [0.4, 0.5) is 13.2 Å². The second-order valence-corrected chi connectivity index (χ2v) is 6.73. The monoisotopic (exact) mass is 305 g/mol. The Balaban J connectivity index is 1.88. The summed E-state index contributed by atoms with van der Waals surface area (Å²) in [5, 5.41) is 0. The Bertz CT molecular complexity index is 356. The van der Waals surface area contributed by atoms with Gasteiger partial charge in [0, 0.05) is 25.4 Å². The van der Waals surface area contributed by atoms with E-state index in [9.17, 15) is 18.0 Å². The third-order valence-corrected chi connectivity index (χ3v) is 5.02. The number of carbonyl (C=O) groups is 1. The summed E-state index contributed by atoms with van der Waals surface area (Å²) in [6.45, 7) is 3.45. The Labute approximate surface area is 125 Å². The van der Waals surface area contributed by atoms with Crippen LogP contribution in [0.3, 0.4) is 0 Å². The minimum atomic E-state index is -4.10. The lowest BCUT2D eigenvalue weighted by molar-refractivity contribution is -0.187. The number of hydrogen-bond acceptors (Lipinski definition) is 2. The highest BCUT2D eigenvalue weighted by molar-refractivity contribution is 5.81. The molecule has 0 radical (unpaired) electrons. The van der Waals surface area contributed by atoms with E-state index in [0.29, 0.717) is 31.8 Å². The number of alkyl halides is 3. The molecule has 0 bridgehead atoms. The van der Waals surface area contributed by atoms with Gasteiger partial charge in [-0.3, -0.25) is 4.79 Å². The van der Waals surface area contributed by atoms with Gasteiger partial charge >= 0.3 is 6.18 Å². The van der Waals surface area contributed by atoms with Gasteiger partial charge in [-0.2, -0.15) is 13.2 Å². The molecule has 5 heteroatoms. The molecule has 0 aromatic rings. The summed E-state index contributed by atoms with van der Waals surface area (Å²) < 4.78 is 38.5. The molecule has 0 N–H and O–H groups in total. The summed E-state index contributed by atoms with van der Waals surface area (Å²) in [6, 6.07) is 0. The highest BCUT2D eigenvalue weighted by Gasteiger charge is 2.42. The van der Waals surface area contributed by atoms with Crippen LogP contribution in [0.1, 0.15) is 51.9 Å². The SMILES string of the molecule is CCCC1CCC(=O)C(CN2CCCC(C(F)(F)F)C2)C1. The molecule has 1 heterocycles. The van der Waals surface area contributed by atoms with Gasteiger partial charge in [-0.15, -0.1) is 0 Å². The number of halogens is 3. The number of Topliss-reactive ketones (excluding diaryl/α,β-unsaturated/α-hetero) is 1. The number of piperidine rings is 1. The number of nitrogens with zero attached hydrogens (tertiary/aromatic N) is 1. The molecule has 1 saturated heterocycles. The standard InChI is InChI=1S/C16H26F3NO/c1-2-4-12-6-7-15(21)13(9-12)10-20-8-3-5-14(11-20)16(17,18)19/h12-14H,2-11H2,1H3. The quantitative estimate of drug-likeness (QED) is 0.781. The summed E-state index contributed by atoms with van der Waals surface area (Å²) in [7, 11) is 0. The first-order valence-corrected chi connectivity index (χ1v) is 8.22. The Morgan fingerprint density at radius 2 is 2.05 bits per heavy atom. The van der Waals surface area contributed by atoms with Gasteiger partial charge in [0.25, 0.3) is 0 Å². The van der Waals surface area contributed by atoms with Crippen molar-refractivity contribution in [2.45, 2.75) is 58.0 Å². The van der Waals surface area contributed by atoms with Crippen molar-refractivity contribution in [2.24, 2.45) is 17.8 Å². The van der Waals surface area contributed by atoms with E-state index in [1.807, 2.05) is 4.90 Å². The zero-order valence-electron chi connectivity index (χ0n) is 12.8. The smallest absolute Gasteiger partial charge is 0.302 e. The van der Waals surface area contributed by atoms with E-state index in [0.717, 1.165) is 25.7 Å². The van der Waals surface area contributed by atoms with Crippen LogP contribution >= 0.6 is 0 Å². The Morgan fingerprint density at radius 3 is 2.71 bits per heavy atom. The van der Waals surface area contributed by atoms with E-state index in [1.54, 1.807) is 0 Å².